The molecule has 2 aromatic rings. The van der Waals surface area contributed by atoms with Crippen molar-refractivity contribution in [2.24, 2.45) is 4.99 Å². The molecule has 3 rings (SSSR count). The van der Waals surface area contributed by atoms with Crippen molar-refractivity contribution in [2.75, 3.05) is 5.32 Å². The third kappa shape index (κ3) is 1.94. The fourth-order valence-electron chi connectivity index (χ4n) is 2.01. The van der Waals surface area contributed by atoms with Crippen molar-refractivity contribution in [3.05, 3.63) is 52.7 Å². The smallest absolute Gasteiger partial charge is 0.116 e. The predicted molar refractivity (Wildman–Crippen MR) is 70.8 cm³/mol. The Kier molecular flexibility index (Phi) is 2.61. The van der Waals surface area contributed by atoms with Crippen LogP contribution >= 0.6 is 11.6 Å². The lowest BCUT2D eigenvalue weighted by Crippen LogP contribution is -2.10. The van der Waals surface area contributed by atoms with Gasteiger partial charge in [0.05, 0.1) is 19.4 Å². The number of aliphatic imine (C=N–C) groups is 1. The number of hydrogen-bond donors (Lipinski definition) is 1. The van der Waals surface area contributed by atoms with Crippen LogP contribution in [0.3, 0.4) is 0 Å². The van der Waals surface area contributed by atoms with E-state index in [1.54, 1.807) is 6.34 Å². The Morgan fingerprint density at radius 3 is 3.06 bits per heavy atom. The van der Waals surface area contributed by atoms with Gasteiger partial charge in [0.1, 0.15) is 5.82 Å². The highest BCUT2D eigenvalue weighted by atomic mass is 35.5. The lowest BCUT2D eigenvalue weighted by atomic mass is 10.2. The van der Waals surface area contributed by atoms with Crippen LogP contribution in [0.15, 0.2) is 41.5 Å². The highest BCUT2D eigenvalue weighted by Gasteiger charge is 2.11. The zero-order valence-electron chi connectivity index (χ0n) is 9.23. The molecule has 0 radical (unpaired) electrons. The summed E-state index contributed by atoms with van der Waals surface area (Å²) in [5.74, 6) is 1.11. The van der Waals surface area contributed by atoms with Crippen LogP contribution in [0.2, 0.25) is 5.02 Å². The van der Waals surface area contributed by atoms with Gasteiger partial charge in [-0.15, -0.1) is 0 Å². The van der Waals surface area contributed by atoms with Gasteiger partial charge in [-0.1, -0.05) is 29.8 Å². The molecule has 1 aromatic carbocycles. The molecule has 0 aliphatic carbocycles. The molecule has 1 aromatic heterocycles. The average Bonchev–Trinajstić information content (AvgIpc) is 2.76. The first-order valence-electron chi connectivity index (χ1n) is 5.51. The molecule has 2 heterocycles. The molecule has 4 heteroatoms. The summed E-state index contributed by atoms with van der Waals surface area (Å²) in [6, 6.07) is 10.0. The Balaban J connectivity index is 1.92. The zero-order valence-corrected chi connectivity index (χ0v) is 9.98. The molecule has 0 saturated carbocycles. The largest absolute Gasteiger partial charge is 0.333 e. The summed E-state index contributed by atoms with van der Waals surface area (Å²) in [5, 5.41) is 3.98. The summed E-state index contributed by atoms with van der Waals surface area (Å²) in [6.45, 7) is 1.52. The zero-order chi connectivity index (χ0) is 11.7. The van der Waals surface area contributed by atoms with Crippen LogP contribution in [0.1, 0.15) is 11.1 Å². The summed E-state index contributed by atoms with van der Waals surface area (Å²) >= 11 is 6.16. The van der Waals surface area contributed by atoms with E-state index >= 15 is 0 Å². The van der Waals surface area contributed by atoms with Gasteiger partial charge in [-0.05, 0) is 17.7 Å². The lowest BCUT2D eigenvalue weighted by Gasteiger charge is -2.13. The molecular weight excluding hydrogens is 234 g/mol. The first-order chi connectivity index (χ1) is 8.34. The van der Waals surface area contributed by atoms with Gasteiger partial charge in [0.15, 0.2) is 0 Å². The van der Waals surface area contributed by atoms with Crippen molar-refractivity contribution in [1.29, 1.82) is 0 Å². The number of nitrogens with one attached hydrogen (secondary N) is 1. The number of benzene rings is 1. The van der Waals surface area contributed by atoms with E-state index in [0.717, 1.165) is 29.5 Å². The molecule has 0 unspecified atom stereocenters. The number of fused-ring (bicyclic) bond motifs is 1. The monoisotopic (exact) mass is 245 g/mol. The van der Waals surface area contributed by atoms with Gasteiger partial charge < -0.3 is 9.88 Å². The van der Waals surface area contributed by atoms with Crippen LogP contribution in [0.4, 0.5) is 5.82 Å². The predicted octanol–water partition coefficient (Wildman–Crippen LogP) is 3.14. The third-order valence-electron chi connectivity index (χ3n) is 2.90. The van der Waals surface area contributed by atoms with E-state index in [9.17, 15) is 0 Å². The van der Waals surface area contributed by atoms with E-state index < -0.39 is 0 Å². The molecule has 0 spiro atoms. The number of aromatic nitrogens is 1. The van der Waals surface area contributed by atoms with E-state index in [-0.39, 0.29) is 0 Å². The molecule has 0 fully saturated rings. The standard InChI is InChI=1S/C13H12ClN3/c14-12-4-2-1-3-11(12)8-17-6-5-10-7-15-9-16-13(10)17/h1-6,9H,7-8H2,(H,15,16). The molecular formula is C13H12ClN3. The van der Waals surface area contributed by atoms with Crippen molar-refractivity contribution in [2.45, 2.75) is 13.1 Å². The molecule has 0 atom stereocenters. The molecule has 0 bridgehead atoms. The van der Waals surface area contributed by atoms with Gasteiger partial charge in [0.25, 0.3) is 0 Å². The first kappa shape index (κ1) is 10.4. The summed E-state index contributed by atoms with van der Waals surface area (Å²) in [5.41, 5.74) is 2.34. The van der Waals surface area contributed by atoms with E-state index in [2.05, 4.69) is 27.1 Å². The Bertz CT molecular complexity index is 572. The molecule has 0 saturated heterocycles. The summed E-state index contributed by atoms with van der Waals surface area (Å²) < 4.78 is 2.15. The van der Waals surface area contributed by atoms with Gasteiger partial charge in [-0.2, -0.15) is 0 Å². The second-order valence-corrected chi connectivity index (χ2v) is 4.43. The van der Waals surface area contributed by atoms with Crippen LogP contribution in [0, 0.1) is 0 Å². The third-order valence-corrected chi connectivity index (χ3v) is 3.27. The fraction of sp³-hybridized carbons (Fsp3) is 0.154. The van der Waals surface area contributed by atoms with E-state index in [1.165, 1.54) is 5.56 Å². The van der Waals surface area contributed by atoms with Gasteiger partial charge in [-0.3, -0.25) is 4.99 Å². The lowest BCUT2D eigenvalue weighted by molar-refractivity contribution is 0.810. The maximum absolute atomic E-state index is 6.16. The van der Waals surface area contributed by atoms with Crippen molar-refractivity contribution in [1.82, 2.24) is 4.57 Å². The summed E-state index contributed by atoms with van der Waals surface area (Å²) in [6.07, 6.45) is 3.81. The number of halogens is 1. The number of nitrogens with zero attached hydrogens (tertiary/aromatic N) is 2. The van der Waals surface area contributed by atoms with Crippen molar-refractivity contribution >= 4 is 23.8 Å². The maximum Gasteiger partial charge on any atom is 0.116 e. The van der Waals surface area contributed by atoms with Crippen LogP contribution in [-0.2, 0) is 13.1 Å². The van der Waals surface area contributed by atoms with Gasteiger partial charge in [0.2, 0.25) is 0 Å². The first-order valence-corrected chi connectivity index (χ1v) is 5.88. The quantitative estimate of drug-likeness (QED) is 0.865. The normalized spacial score (nSPS) is 13.2. The van der Waals surface area contributed by atoms with E-state index in [4.69, 9.17) is 11.6 Å². The highest BCUT2D eigenvalue weighted by molar-refractivity contribution is 6.31. The van der Waals surface area contributed by atoms with Gasteiger partial charge in [-0.25, -0.2) is 0 Å². The van der Waals surface area contributed by atoms with Crippen molar-refractivity contribution < 1.29 is 0 Å². The minimum Gasteiger partial charge on any atom is -0.333 e. The Morgan fingerprint density at radius 2 is 2.18 bits per heavy atom. The van der Waals surface area contributed by atoms with Crippen LogP contribution < -0.4 is 5.32 Å². The molecule has 86 valence electrons. The molecule has 1 aliphatic heterocycles. The topological polar surface area (TPSA) is 29.3 Å². The van der Waals surface area contributed by atoms with Gasteiger partial charge in [0, 0.05) is 16.8 Å². The fourth-order valence-corrected chi connectivity index (χ4v) is 2.21. The van der Waals surface area contributed by atoms with Crippen LogP contribution in [-0.4, -0.2) is 10.9 Å². The Hall–Kier alpha value is -1.74. The van der Waals surface area contributed by atoms with Crippen LogP contribution in [0.25, 0.3) is 0 Å². The summed E-state index contributed by atoms with van der Waals surface area (Å²) in [4.78, 5) is 4.18. The minimum atomic E-state index is 0.748. The molecule has 1 N–H and O–H groups in total. The minimum absolute atomic E-state index is 0.748. The SMILES string of the molecule is Clc1ccccc1Cn1ccc2c1NC=NC2. The number of hydrogen-bond acceptors (Lipinski definition) is 2. The molecule has 0 amide bonds. The highest BCUT2D eigenvalue weighted by Crippen LogP contribution is 2.23. The summed E-state index contributed by atoms with van der Waals surface area (Å²) in [7, 11) is 0. The van der Waals surface area contributed by atoms with Crippen molar-refractivity contribution in [3.8, 4) is 0 Å². The number of rotatable bonds is 2. The van der Waals surface area contributed by atoms with E-state index in [0.29, 0.717) is 0 Å². The maximum atomic E-state index is 6.16. The molecule has 17 heavy (non-hydrogen) atoms. The molecule has 1 aliphatic rings. The Labute approximate surface area is 105 Å². The van der Waals surface area contributed by atoms with Crippen molar-refractivity contribution in [3.63, 3.8) is 0 Å². The second kappa shape index (κ2) is 4.26. The van der Waals surface area contributed by atoms with Crippen LogP contribution in [0.5, 0.6) is 0 Å². The average molecular weight is 246 g/mol. The van der Waals surface area contributed by atoms with E-state index in [1.807, 2.05) is 24.3 Å². The molecule has 3 nitrogen and oxygen atoms in total. The van der Waals surface area contributed by atoms with Gasteiger partial charge >= 0.3 is 0 Å². The Morgan fingerprint density at radius 1 is 1.29 bits per heavy atom. The number of anilines is 1. The second-order valence-electron chi connectivity index (χ2n) is 4.02.